The zero-order valence-corrected chi connectivity index (χ0v) is 14.9. The van der Waals surface area contributed by atoms with Crippen LogP contribution in [0.3, 0.4) is 0 Å². The van der Waals surface area contributed by atoms with Crippen LogP contribution in [0.25, 0.3) is 0 Å². The zero-order valence-electron chi connectivity index (χ0n) is 14.9. The lowest BCUT2D eigenvalue weighted by Crippen LogP contribution is -2.70. The summed E-state index contributed by atoms with van der Waals surface area (Å²) in [6.07, 6.45) is -1.11. The van der Waals surface area contributed by atoms with Crippen LogP contribution in [0.1, 0.15) is 33.3 Å². The lowest BCUT2D eigenvalue weighted by molar-refractivity contribution is -0.384. The average molecular weight is 349 g/mol. The number of carbonyl (C=O) groups excluding carboxylic acids is 1. The molecule has 1 aromatic rings. The Morgan fingerprint density at radius 2 is 1.84 bits per heavy atom. The molecular formula is C17H23N3O5. The van der Waals surface area contributed by atoms with E-state index in [1.165, 1.54) is 17.0 Å². The van der Waals surface area contributed by atoms with Crippen LogP contribution in [0.15, 0.2) is 24.3 Å². The quantitative estimate of drug-likeness (QED) is 0.667. The second-order valence-corrected chi connectivity index (χ2v) is 7.41. The van der Waals surface area contributed by atoms with Crippen molar-refractivity contribution < 1.29 is 19.6 Å². The molecule has 8 heteroatoms. The number of nitrogens with zero attached hydrogens (tertiary/aromatic N) is 3. The number of hydrogen-bond donors (Lipinski definition) is 1. The summed E-state index contributed by atoms with van der Waals surface area (Å²) in [5.41, 5.74) is -1.02. The standard InChI is InChI=1S/C17H23N3O5/c1-16(2,3)17(4)14(21)18(9-10-19(17)15(22)23)11-12-5-7-13(8-6-12)20(24)25/h5-8H,9-11H2,1-4H3,(H,22,23). The number of rotatable bonds is 3. The molecule has 2 rings (SSSR count). The Hall–Kier alpha value is -2.64. The maximum atomic E-state index is 13.1. The summed E-state index contributed by atoms with van der Waals surface area (Å²) in [6, 6.07) is 6.03. The van der Waals surface area contributed by atoms with Crippen LogP contribution in [0.4, 0.5) is 10.5 Å². The zero-order chi connectivity index (χ0) is 19.0. The van der Waals surface area contributed by atoms with E-state index in [0.29, 0.717) is 0 Å². The molecule has 0 spiro atoms. The summed E-state index contributed by atoms with van der Waals surface area (Å²) in [6.45, 7) is 7.99. The maximum Gasteiger partial charge on any atom is 0.408 e. The molecule has 1 heterocycles. The highest BCUT2D eigenvalue weighted by molar-refractivity contribution is 5.91. The molecular weight excluding hydrogens is 326 g/mol. The summed E-state index contributed by atoms with van der Waals surface area (Å²) in [7, 11) is 0. The van der Waals surface area contributed by atoms with E-state index < -0.39 is 22.0 Å². The third-order valence-electron chi connectivity index (χ3n) is 5.05. The molecule has 25 heavy (non-hydrogen) atoms. The van der Waals surface area contributed by atoms with Crippen LogP contribution in [0.2, 0.25) is 0 Å². The van der Waals surface area contributed by atoms with Gasteiger partial charge in [-0.25, -0.2) is 4.79 Å². The molecule has 1 aromatic carbocycles. The Kier molecular flexibility index (Phi) is 4.74. The minimum Gasteiger partial charge on any atom is -0.465 e. The van der Waals surface area contributed by atoms with Crippen molar-refractivity contribution in [2.45, 2.75) is 39.8 Å². The Balaban J connectivity index is 2.28. The lowest BCUT2D eigenvalue weighted by Gasteiger charge is -2.52. The van der Waals surface area contributed by atoms with Gasteiger partial charge in [0, 0.05) is 31.8 Å². The molecule has 0 radical (unpaired) electrons. The first kappa shape index (κ1) is 18.7. The first-order valence-corrected chi connectivity index (χ1v) is 8.02. The van der Waals surface area contributed by atoms with Crippen molar-refractivity contribution in [3.05, 3.63) is 39.9 Å². The average Bonchev–Trinajstić information content (AvgIpc) is 2.51. The van der Waals surface area contributed by atoms with Gasteiger partial charge in [-0.3, -0.25) is 19.8 Å². The van der Waals surface area contributed by atoms with Crippen molar-refractivity contribution in [1.82, 2.24) is 9.80 Å². The number of carbonyl (C=O) groups is 2. The highest BCUT2D eigenvalue weighted by Crippen LogP contribution is 2.39. The van der Waals surface area contributed by atoms with Gasteiger partial charge < -0.3 is 10.0 Å². The van der Waals surface area contributed by atoms with Gasteiger partial charge in [0.2, 0.25) is 5.91 Å². The maximum absolute atomic E-state index is 13.1. The molecule has 1 unspecified atom stereocenters. The minimum atomic E-state index is -1.18. The number of nitro groups is 1. The number of carboxylic acid groups (broad SMARTS) is 1. The van der Waals surface area contributed by atoms with Crippen molar-refractivity contribution in [3.63, 3.8) is 0 Å². The fraction of sp³-hybridized carbons (Fsp3) is 0.529. The summed E-state index contributed by atoms with van der Waals surface area (Å²) in [4.78, 5) is 37.8. The third kappa shape index (κ3) is 3.29. The highest BCUT2D eigenvalue weighted by atomic mass is 16.6. The van der Waals surface area contributed by atoms with Crippen molar-refractivity contribution in [2.75, 3.05) is 13.1 Å². The topological polar surface area (TPSA) is 104 Å². The van der Waals surface area contributed by atoms with Gasteiger partial charge in [0.15, 0.2) is 0 Å². The van der Waals surface area contributed by atoms with E-state index in [2.05, 4.69) is 0 Å². The minimum absolute atomic E-state index is 0.00898. The van der Waals surface area contributed by atoms with E-state index in [9.17, 15) is 24.8 Å². The molecule has 1 saturated heterocycles. The van der Waals surface area contributed by atoms with Gasteiger partial charge in [0.25, 0.3) is 5.69 Å². The van der Waals surface area contributed by atoms with E-state index in [1.54, 1.807) is 24.0 Å². The van der Waals surface area contributed by atoms with Crippen molar-refractivity contribution in [3.8, 4) is 0 Å². The van der Waals surface area contributed by atoms with E-state index >= 15 is 0 Å². The van der Waals surface area contributed by atoms with Crippen LogP contribution in [-0.4, -0.2) is 50.5 Å². The predicted octanol–water partition coefficient (Wildman–Crippen LogP) is 2.72. The van der Waals surface area contributed by atoms with Gasteiger partial charge in [0.05, 0.1) is 4.92 Å². The van der Waals surface area contributed by atoms with E-state index in [1.807, 2.05) is 20.8 Å². The molecule has 0 saturated carbocycles. The lowest BCUT2D eigenvalue weighted by atomic mass is 9.71. The molecule has 1 atom stereocenters. The van der Waals surface area contributed by atoms with E-state index in [0.717, 1.165) is 5.56 Å². The second kappa shape index (κ2) is 6.34. The van der Waals surface area contributed by atoms with E-state index in [4.69, 9.17) is 0 Å². The van der Waals surface area contributed by atoms with Crippen molar-refractivity contribution in [1.29, 1.82) is 0 Å². The molecule has 0 bridgehead atoms. The predicted molar refractivity (Wildman–Crippen MR) is 91.1 cm³/mol. The summed E-state index contributed by atoms with van der Waals surface area (Å²) in [5, 5.41) is 20.2. The molecule has 2 amide bonds. The van der Waals surface area contributed by atoms with Crippen LogP contribution < -0.4 is 0 Å². The monoisotopic (exact) mass is 349 g/mol. The molecule has 1 aliphatic heterocycles. The fourth-order valence-corrected chi connectivity index (χ4v) is 3.08. The van der Waals surface area contributed by atoms with Gasteiger partial charge in [-0.2, -0.15) is 0 Å². The van der Waals surface area contributed by atoms with Crippen LogP contribution in [0.5, 0.6) is 0 Å². The molecule has 0 aliphatic carbocycles. The molecule has 1 N–H and O–H groups in total. The Labute approximate surface area is 146 Å². The fourth-order valence-electron chi connectivity index (χ4n) is 3.08. The van der Waals surface area contributed by atoms with Gasteiger partial charge in [-0.05, 0) is 17.9 Å². The van der Waals surface area contributed by atoms with Crippen LogP contribution >= 0.6 is 0 Å². The Morgan fingerprint density at radius 3 is 2.28 bits per heavy atom. The first-order chi connectivity index (χ1) is 11.5. The summed E-state index contributed by atoms with van der Waals surface area (Å²) < 4.78 is 0. The Bertz CT molecular complexity index is 695. The van der Waals surface area contributed by atoms with Crippen molar-refractivity contribution >= 4 is 17.7 Å². The number of nitro benzene ring substituents is 1. The van der Waals surface area contributed by atoms with Crippen molar-refractivity contribution in [2.24, 2.45) is 5.41 Å². The number of non-ortho nitro benzene ring substituents is 1. The Morgan fingerprint density at radius 1 is 1.28 bits per heavy atom. The van der Waals surface area contributed by atoms with Gasteiger partial charge in [-0.1, -0.05) is 32.9 Å². The van der Waals surface area contributed by atoms with Gasteiger partial charge >= 0.3 is 6.09 Å². The van der Waals surface area contributed by atoms with E-state index in [-0.39, 0.29) is 31.2 Å². The van der Waals surface area contributed by atoms with Gasteiger partial charge in [-0.15, -0.1) is 0 Å². The molecule has 136 valence electrons. The summed E-state index contributed by atoms with van der Waals surface area (Å²) in [5.74, 6) is -0.257. The van der Waals surface area contributed by atoms with Crippen LogP contribution in [0, 0.1) is 15.5 Å². The molecule has 1 fully saturated rings. The molecule has 8 nitrogen and oxygen atoms in total. The smallest absolute Gasteiger partial charge is 0.408 e. The van der Waals surface area contributed by atoms with Crippen LogP contribution in [-0.2, 0) is 11.3 Å². The number of piperazine rings is 1. The summed E-state index contributed by atoms with van der Waals surface area (Å²) >= 11 is 0. The first-order valence-electron chi connectivity index (χ1n) is 8.02. The number of benzene rings is 1. The second-order valence-electron chi connectivity index (χ2n) is 7.41. The molecule has 1 aliphatic rings. The number of hydrogen-bond acceptors (Lipinski definition) is 4. The molecule has 0 aromatic heterocycles. The SMILES string of the molecule is CC(C)(C)C1(C)C(=O)N(Cc2ccc([N+](=O)[O-])cc2)CCN1C(=O)O. The number of amides is 2. The largest absolute Gasteiger partial charge is 0.465 e. The van der Waals surface area contributed by atoms with Gasteiger partial charge in [0.1, 0.15) is 5.54 Å². The third-order valence-corrected chi connectivity index (χ3v) is 5.05. The normalized spacial score (nSPS) is 21.4. The highest BCUT2D eigenvalue weighted by Gasteiger charge is 2.55.